The van der Waals surface area contributed by atoms with E-state index in [9.17, 15) is 22.4 Å². The van der Waals surface area contributed by atoms with E-state index in [1.54, 1.807) is 29.9 Å². The number of fused-ring (bicyclic) bond motifs is 1. The van der Waals surface area contributed by atoms with Crippen LogP contribution in [-0.2, 0) is 11.3 Å². The minimum atomic E-state index is -4.25. The van der Waals surface area contributed by atoms with Crippen LogP contribution in [0.4, 0.5) is 17.6 Å². The zero-order valence-electron chi connectivity index (χ0n) is 15.2. The summed E-state index contributed by atoms with van der Waals surface area (Å²) in [4.78, 5) is 19.9. The number of ether oxygens (including phenoxy) is 2. The molecule has 0 spiro atoms. The van der Waals surface area contributed by atoms with Gasteiger partial charge in [-0.2, -0.15) is 13.9 Å². The van der Waals surface area contributed by atoms with Gasteiger partial charge in [0, 0.05) is 24.7 Å². The lowest BCUT2D eigenvalue weighted by atomic mass is 10.2. The molecule has 3 rings (SSSR count). The van der Waals surface area contributed by atoms with Crippen LogP contribution in [0.2, 0.25) is 0 Å². The molecule has 0 N–H and O–H groups in total. The van der Waals surface area contributed by atoms with Gasteiger partial charge in [-0.15, -0.1) is 0 Å². The van der Waals surface area contributed by atoms with Gasteiger partial charge in [0.05, 0.1) is 24.1 Å². The molecular formula is C18H16F4N4O3. The summed E-state index contributed by atoms with van der Waals surface area (Å²) in [6.07, 6.45) is 0.619. The highest BCUT2D eigenvalue weighted by Crippen LogP contribution is 2.24. The Balaban J connectivity index is 1.71. The largest absolute Gasteiger partial charge is 0.471 e. The van der Waals surface area contributed by atoms with Gasteiger partial charge in [0.2, 0.25) is 5.88 Å². The van der Waals surface area contributed by atoms with Crippen molar-refractivity contribution in [3.8, 4) is 5.88 Å². The third-order valence-electron chi connectivity index (χ3n) is 3.82. The number of hydrogen-bond acceptors (Lipinski definition) is 6. The van der Waals surface area contributed by atoms with Crippen LogP contribution in [0.25, 0.3) is 10.9 Å². The molecule has 0 radical (unpaired) electrons. The predicted molar refractivity (Wildman–Crippen MR) is 93.3 cm³/mol. The Bertz CT molecular complexity index is 992. The maximum atomic E-state index is 12.9. The van der Waals surface area contributed by atoms with E-state index in [0.29, 0.717) is 16.5 Å². The SMILES string of the molecule is CCOC(=O)c1nccc2nn(Cc3ccc(OCC(F)(F)C(F)F)nc3)cc12. The Morgan fingerprint density at radius 1 is 1.24 bits per heavy atom. The summed E-state index contributed by atoms with van der Waals surface area (Å²) in [5.74, 6) is -5.00. The molecule has 3 aromatic rings. The van der Waals surface area contributed by atoms with Gasteiger partial charge < -0.3 is 9.47 Å². The first kappa shape index (κ1) is 20.5. The van der Waals surface area contributed by atoms with E-state index < -0.39 is 24.9 Å². The van der Waals surface area contributed by atoms with Gasteiger partial charge in [-0.25, -0.2) is 23.5 Å². The Kier molecular flexibility index (Phi) is 5.95. The van der Waals surface area contributed by atoms with Crippen molar-refractivity contribution in [3.63, 3.8) is 0 Å². The van der Waals surface area contributed by atoms with E-state index in [-0.39, 0.29) is 24.7 Å². The van der Waals surface area contributed by atoms with E-state index in [2.05, 4.69) is 19.8 Å². The average Bonchev–Trinajstić information content (AvgIpc) is 3.10. The number of hydrogen-bond donors (Lipinski definition) is 0. The minimum Gasteiger partial charge on any atom is -0.471 e. The van der Waals surface area contributed by atoms with Crippen LogP contribution in [-0.4, -0.2) is 51.3 Å². The lowest BCUT2D eigenvalue weighted by molar-refractivity contribution is -0.148. The quantitative estimate of drug-likeness (QED) is 0.417. The molecular weight excluding hydrogens is 396 g/mol. The Morgan fingerprint density at radius 3 is 2.69 bits per heavy atom. The molecule has 0 amide bonds. The van der Waals surface area contributed by atoms with Crippen molar-refractivity contribution < 1.29 is 31.8 Å². The second-order valence-electron chi connectivity index (χ2n) is 5.99. The van der Waals surface area contributed by atoms with E-state index in [1.165, 1.54) is 18.5 Å². The molecule has 3 aromatic heterocycles. The maximum Gasteiger partial charge on any atom is 0.357 e. The van der Waals surface area contributed by atoms with Crippen LogP contribution in [0.5, 0.6) is 5.88 Å². The fraction of sp³-hybridized carbons (Fsp3) is 0.333. The number of aromatic nitrogens is 4. The molecule has 154 valence electrons. The second-order valence-corrected chi connectivity index (χ2v) is 5.99. The summed E-state index contributed by atoms with van der Waals surface area (Å²) in [5.41, 5.74) is 1.35. The molecule has 11 heteroatoms. The number of rotatable bonds is 8. The number of carbonyl (C=O) groups is 1. The smallest absolute Gasteiger partial charge is 0.357 e. The second kappa shape index (κ2) is 8.41. The first-order chi connectivity index (χ1) is 13.8. The fourth-order valence-electron chi connectivity index (χ4n) is 2.45. The lowest BCUT2D eigenvalue weighted by Gasteiger charge is -2.15. The number of halogens is 4. The number of pyridine rings is 2. The molecule has 0 fully saturated rings. The fourth-order valence-corrected chi connectivity index (χ4v) is 2.45. The first-order valence-electron chi connectivity index (χ1n) is 8.53. The third-order valence-corrected chi connectivity index (χ3v) is 3.82. The van der Waals surface area contributed by atoms with Crippen molar-refractivity contribution in [2.45, 2.75) is 25.8 Å². The van der Waals surface area contributed by atoms with Crippen molar-refractivity contribution >= 4 is 16.9 Å². The molecule has 0 aliphatic heterocycles. The number of alkyl halides is 4. The third kappa shape index (κ3) is 4.79. The van der Waals surface area contributed by atoms with Crippen molar-refractivity contribution in [3.05, 3.63) is 48.0 Å². The van der Waals surface area contributed by atoms with Crippen LogP contribution in [0.15, 0.2) is 36.8 Å². The van der Waals surface area contributed by atoms with Gasteiger partial charge in [-0.05, 0) is 18.6 Å². The standard InChI is InChI=1S/C18H16F4N4O3/c1-2-28-16(27)15-12-9-26(25-13(12)5-6-23-15)8-11-3-4-14(24-7-11)29-10-18(21,22)17(19)20/h3-7,9,17H,2,8,10H2,1H3. The predicted octanol–water partition coefficient (Wildman–Crippen LogP) is 3.33. The Labute approximate surface area is 162 Å². The molecule has 0 bridgehead atoms. The molecule has 29 heavy (non-hydrogen) atoms. The van der Waals surface area contributed by atoms with Crippen molar-refractivity contribution in [2.24, 2.45) is 0 Å². The van der Waals surface area contributed by atoms with Gasteiger partial charge in [0.1, 0.15) is 0 Å². The van der Waals surface area contributed by atoms with Crippen LogP contribution in [0, 0.1) is 0 Å². The van der Waals surface area contributed by atoms with Gasteiger partial charge in [-0.1, -0.05) is 6.07 Å². The summed E-state index contributed by atoms with van der Waals surface area (Å²) >= 11 is 0. The molecule has 0 aliphatic carbocycles. The zero-order chi connectivity index (χ0) is 21.0. The summed E-state index contributed by atoms with van der Waals surface area (Å²) in [5, 5.41) is 4.87. The molecule has 0 saturated heterocycles. The summed E-state index contributed by atoms with van der Waals surface area (Å²) in [6.45, 7) is 0.702. The summed E-state index contributed by atoms with van der Waals surface area (Å²) in [6, 6.07) is 4.48. The molecule has 0 saturated carbocycles. The first-order valence-corrected chi connectivity index (χ1v) is 8.53. The van der Waals surface area contributed by atoms with E-state index >= 15 is 0 Å². The van der Waals surface area contributed by atoms with E-state index in [0.717, 1.165) is 0 Å². The molecule has 0 aromatic carbocycles. The highest BCUT2D eigenvalue weighted by molar-refractivity contribution is 6.01. The summed E-state index contributed by atoms with van der Waals surface area (Å²) < 4.78 is 61.2. The molecule has 7 nitrogen and oxygen atoms in total. The maximum absolute atomic E-state index is 12.9. The number of esters is 1. The highest BCUT2D eigenvalue weighted by atomic mass is 19.3. The van der Waals surface area contributed by atoms with Gasteiger partial charge in [-0.3, -0.25) is 4.68 Å². The monoisotopic (exact) mass is 412 g/mol. The topological polar surface area (TPSA) is 79.1 Å². The average molecular weight is 412 g/mol. The minimum absolute atomic E-state index is 0.150. The summed E-state index contributed by atoms with van der Waals surface area (Å²) in [7, 11) is 0. The molecule has 3 heterocycles. The molecule has 0 unspecified atom stereocenters. The van der Waals surface area contributed by atoms with Gasteiger partial charge in [0.25, 0.3) is 0 Å². The van der Waals surface area contributed by atoms with Crippen molar-refractivity contribution in [1.82, 2.24) is 19.7 Å². The van der Waals surface area contributed by atoms with Crippen molar-refractivity contribution in [2.75, 3.05) is 13.2 Å². The van der Waals surface area contributed by atoms with Crippen LogP contribution in [0.3, 0.4) is 0 Å². The Morgan fingerprint density at radius 2 is 2.03 bits per heavy atom. The van der Waals surface area contributed by atoms with Crippen molar-refractivity contribution in [1.29, 1.82) is 0 Å². The highest BCUT2D eigenvalue weighted by Gasteiger charge is 2.41. The zero-order valence-corrected chi connectivity index (χ0v) is 15.2. The van der Waals surface area contributed by atoms with Crippen LogP contribution in [0.1, 0.15) is 23.0 Å². The van der Waals surface area contributed by atoms with Gasteiger partial charge in [0.15, 0.2) is 12.3 Å². The molecule has 0 atom stereocenters. The number of carbonyl (C=O) groups excluding carboxylic acids is 1. The molecule has 0 aliphatic rings. The lowest BCUT2D eigenvalue weighted by Crippen LogP contribution is -2.33. The number of nitrogens with zero attached hydrogens (tertiary/aromatic N) is 4. The Hall–Kier alpha value is -3.24. The van der Waals surface area contributed by atoms with Crippen LogP contribution >= 0.6 is 0 Å². The van der Waals surface area contributed by atoms with E-state index in [1.807, 2.05) is 0 Å². The van der Waals surface area contributed by atoms with Gasteiger partial charge >= 0.3 is 18.3 Å². The van der Waals surface area contributed by atoms with E-state index in [4.69, 9.17) is 4.74 Å². The normalized spacial score (nSPS) is 11.8. The van der Waals surface area contributed by atoms with Crippen LogP contribution < -0.4 is 4.74 Å².